The molecule has 90 valence electrons. The Bertz CT molecular complexity index is 527. The summed E-state index contributed by atoms with van der Waals surface area (Å²) >= 11 is 5.69. The number of nitrogens with zero attached hydrogens (tertiary/aromatic N) is 4. The molecule has 1 atom stereocenters. The molecule has 5 nitrogen and oxygen atoms in total. The van der Waals surface area contributed by atoms with Crippen LogP contribution in [-0.4, -0.2) is 20.2 Å². The van der Waals surface area contributed by atoms with E-state index in [1.807, 2.05) is 0 Å². The number of nitrogens with two attached hydrogens (primary N) is 1. The van der Waals surface area contributed by atoms with E-state index in [1.165, 1.54) is 10.9 Å². The van der Waals surface area contributed by atoms with Gasteiger partial charge in [0.15, 0.2) is 5.82 Å². The van der Waals surface area contributed by atoms with Crippen LogP contribution >= 0.6 is 11.6 Å². The highest BCUT2D eigenvalue weighted by Crippen LogP contribution is 2.23. The third-order valence-electron chi connectivity index (χ3n) is 2.33. The molecule has 17 heavy (non-hydrogen) atoms. The van der Waals surface area contributed by atoms with Gasteiger partial charge in [0, 0.05) is 18.0 Å². The van der Waals surface area contributed by atoms with Crippen LogP contribution in [0.15, 0.2) is 18.2 Å². The molecule has 0 bridgehead atoms. The Hall–Kier alpha value is -1.53. The fourth-order valence-electron chi connectivity index (χ4n) is 1.52. The summed E-state index contributed by atoms with van der Waals surface area (Å²) in [6.07, 6.45) is 0.311. The lowest BCUT2D eigenvalue weighted by Gasteiger charge is -2.11. The zero-order valence-corrected chi connectivity index (χ0v) is 9.89. The Kier molecular flexibility index (Phi) is 3.35. The zero-order chi connectivity index (χ0) is 12.4. The summed E-state index contributed by atoms with van der Waals surface area (Å²) in [5.41, 5.74) is 6.24. The highest BCUT2D eigenvalue weighted by molar-refractivity contribution is 6.30. The number of tetrazole rings is 1. The summed E-state index contributed by atoms with van der Waals surface area (Å²) in [6.45, 7) is 0. The fraction of sp³-hybridized carbons (Fsp3) is 0.300. The Morgan fingerprint density at radius 2 is 2.29 bits per heavy atom. The van der Waals surface area contributed by atoms with Gasteiger partial charge in [-0.05, 0) is 11.3 Å². The maximum atomic E-state index is 13.7. The van der Waals surface area contributed by atoms with E-state index in [0.29, 0.717) is 17.8 Å². The van der Waals surface area contributed by atoms with Gasteiger partial charge in [0.25, 0.3) is 0 Å². The monoisotopic (exact) mass is 255 g/mol. The van der Waals surface area contributed by atoms with Gasteiger partial charge in [-0.3, -0.25) is 0 Å². The predicted molar refractivity (Wildman–Crippen MR) is 60.8 cm³/mol. The van der Waals surface area contributed by atoms with Crippen molar-refractivity contribution in [3.8, 4) is 0 Å². The molecule has 0 amide bonds. The number of aryl methyl sites for hydroxylation is 1. The van der Waals surface area contributed by atoms with Crippen LogP contribution < -0.4 is 5.73 Å². The molecular formula is C10H11ClFN5. The van der Waals surface area contributed by atoms with E-state index in [0.717, 1.165) is 0 Å². The van der Waals surface area contributed by atoms with Gasteiger partial charge in [0.1, 0.15) is 5.82 Å². The quantitative estimate of drug-likeness (QED) is 0.896. The number of halogens is 2. The van der Waals surface area contributed by atoms with Gasteiger partial charge in [0.05, 0.1) is 12.1 Å². The lowest BCUT2D eigenvalue weighted by atomic mass is 10.0. The van der Waals surface area contributed by atoms with E-state index in [9.17, 15) is 4.39 Å². The second-order valence-corrected chi connectivity index (χ2v) is 4.06. The third-order valence-corrected chi connectivity index (χ3v) is 2.63. The molecule has 2 rings (SSSR count). The van der Waals surface area contributed by atoms with Crippen molar-refractivity contribution in [1.29, 1.82) is 0 Å². The molecule has 0 saturated heterocycles. The van der Waals surface area contributed by atoms with Crippen LogP contribution in [0.4, 0.5) is 4.39 Å². The number of aromatic nitrogens is 4. The highest BCUT2D eigenvalue weighted by atomic mass is 35.5. The fourth-order valence-corrected chi connectivity index (χ4v) is 1.70. The molecule has 0 radical (unpaired) electrons. The van der Waals surface area contributed by atoms with Crippen LogP contribution in [0.1, 0.15) is 17.4 Å². The first kappa shape index (κ1) is 11.9. The largest absolute Gasteiger partial charge is 0.323 e. The molecule has 1 aromatic carbocycles. The predicted octanol–water partition coefficient (Wildman–Crippen LogP) is 1.25. The molecule has 1 aromatic heterocycles. The van der Waals surface area contributed by atoms with Crippen molar-refractivity contribution in [1.82, 2.24) is 20.2 Å². The summed E-state index contributed by atoms with van der Waals surface area (Å²) in [5, 5.41) is 11.5. The zero-order valence-electron chi connectivity index (χ0n) is 9.14. The molecule has 1 heterocycles. The molecule has 0 fully saturated rings. The molecule has 0 aliphatic heterocycles. The normalized spacial score (nSPS) is 12.7. The van der Waals surface area contributed by atoms with Crippen LogP contribution in [0.2, 0.25) is 5.02 Å². The summed E-state index contributed by atoms with van der Waals surface area (Å²) in [5.74, 6) is -0.0232. The van der Waals surface area contributed by atoms with Crippen molar-refractivity contribution in [3.63, 3.8) is 0 Å². The second kappa shape index (κ2) is 4.77. The van der Waals surface area contributed by atoms with Crippen LogP contribution in [0.25, 0.3) is 0 Å². The van der Waals surface area contributed by atoms with E-state index >= 15 is 0 Å². The first-order chi connectivity index (χ1) is 8.08. The van der Waals surface area contributed by atoms with Crippen LogP contribution in [0.3, 0.4) is 0 Å². The minimum Gasteiger partial charge on any atom is -0.323 e. The average Bonchev–Trinajstić information content (AvgIpc) is 2.68. The first-order valence-corrected chi connectivity index (χ1v) is 5.38. The highest BCUT2D eigenvalue weighted by Gasteiger charge is 2.16. The summed E-state index contributed by atoms with van der Waals surface area (Å²) < 4.78 is 13.7. The molecule has 7 heteroatoms. The Morgan fingerprint density at radius 3 is 2.94 bits per heavy atom. The van der Waals surface area contributed by atoms with Crippen LogP contribution in [0.5, 0.6) is 0 Å². The third kappa shape index (κ3) is 2.59. The molecule has 0 spiro atoms. The summed E-state index contributed by atoms with van der Waals surface area (Å²) in [6, 6.07) is 4.19. The van der Waals surface area contributed by atoms with Crippen molar-refractivity contribution >= 4 is 11.6 Å². The van der Waals surface area contributed by atoms with Crippen molar-refractivity contribution in [2.75, 3.05) is 0 Å². The molecular weight excluding hydrogens is 245 g/mol. The number of hydrogen-bond acceptors (Lipinski definition) is 4. The molecule has 2 N–H and O–H groups in total. The SMILES string of the molecule is Cn1nnc(CC(N)c2cccc(Cl)c2F)n1. The number of benzene rings is 1. The van der Waals surface area contributed by atoms with Gasteiger partial charge in [0.2, 0.25) is 0 Å². The van der Waals surface area contributed by atoms with E-state index < -0.39 is 11.9 Å². The van der Waals surface area contributed by atoms with Gasteiger partial charge in [-0.15, -0.1) is 10.2 Å². The number of hydrogen-bond donors (Lipinski definition) is 1. The standard InChI is InChI=1S/C10H11ClFN5/c1-17-15-9(14-16-17)5-8(13)6-3-2-4-7(11)10(6)12/h2-4,8H,5,13H2,1H3. The van der Waals surface area contributed by atoms with Crippen LogP contribution in [0, 0.1) is 5.82 Å². The van der Waals surface area contributed by atoms with Crippen LogP contribution in [-0.2, 0) is 13.5 Å². The van der Waals surface area contributed by atoms with Gasteiger partial charge in [-0.25, -0.2) is 4.39 Å². The van der Waals surface area contributed by atoms with Gasteiger partial charge < -0.3 is 5.73 Å². The van der Waals surface area contributed by atoms with Crippen molar-refractivity contribution in [2.45, 2.75) is 12.5 Å². The second-order valence-electron chi connectivity index (χ2n) is 3.65. The van der Waals surface area contributed by atoms with Gasteiger partial charge in [-0.2, -0.15) is 4.80 Å². The lowest BCUT2D eigenvalue weighted by Crippen LogP contribution is -2.16. The Labute approximate surface area is 102 Å². The average molecular weight is 256 g/mol. The lowest BCUT2D eigenvalue weighted by molar-refractivity contribution is 0.573. The minimum atomic E-state index is -0.544. The van der Waals surface area contributed by atoms with Crippen molar-refractivity contribution in [3.05, 3.63) is 40.4 Å². The minimum absolute atomic E-state index is 0.0602. The Balaban J connectivity index is 2.20. The van der Waals surface area contributed by atoms with E-state index in [1.54, 1.807) is 19.2 Å². The number of rotatable bonds is 3. The molecule has 0 aliphatic rings. The van der Waals surface area contributed by atoms with Gasteiger partial charge >= 0.3 is 0 Å². The molecule has 0 aliphatic carbocycles. The van der Waals surface area contributed by atoms with E-state index in [4.69, 9.17) is 17.3 Å². The maximum absolute atomic E-state index is 13.7. The molecule has 1 unspecified atom stereocenters. The topological polar surface area (TPSA) is 69.6 Å². The van der Waals surface area contributed by atoms with E-state index in [-0.39, 0.29) is 5.02 Å². The first-order valence-electron chi connectivity index (χ1n) is 5.00. The van der Waals surface area contributed by atoms with Gasteiger partial charge in [-0.1, -0.05) is 23.7 Å². The Morgan fingerprint density at radius 1 is 1.53 bits per heavy atom. The van der Waals surface area contributed by atoms with E-state index in [2.05, 4.69) is 15.4 Å². The smallest absolute Gasteiger partial charge is 0.176 e. The maximum Gasteiger partial charge on any atom is 0.176 e. The molecule has 2 aromatic rings. The molecule has 0 saturated carbocycles. The summed E-state index contributed by atoms with van der Waals surface area (Å²) in [4.78, 5) is 1.33. The summed E-state index contributed by atoms with van der Waals surface area (Å²) in [7, 11) is 1.65. The van der Waals surface area contributed by atoms with Crippen molar-refractivity contribution < 1.29 is 4.39 Å². The van der Waals surface area contributed by atoms with Crippen molar-refractivity contribution in [2.24, 2.45) is 12.8 Å².